The first-order valence-corrected chi connectivity index (χ1v) is 10.3. The molecule has 2 atom stereocenters. The van der Waals surface area contributed by atoms with Gasteiger partial charge in [0.15, 0.2) is 0 Å². The Hall–Kier alpha value is -3.10. The molecule has 1 saturated carbocycles. The Morgan fingerprint density at radius 2 is 1.90 bits per heavy atom. The fourth-order valence-corrected chi connectivity index (χ4v) is 3.90. The summed E-state index contributed by atoms with van der Waals surface area (Å²) in [6.07, 6.45) is 5.33. The topological polar surface area (TPSA) is 131 Å². The van der Waals surface area contributed by atoms with Crippen molar-refractivity contribution in [3.63, 3.8) is 0 Å². The monoisotopic (exact) mass is 430 g/mol. The lowest BCUT2D eigenvalue weighted by atomic mass is 9.80. The number of nitrogens with one attached hydrogen (secondary N) is 3. The summed E-state index contributed by atoms with van der Waals surface area (Å²) < 4.78 is 1.65. The highest BCUT2D eigenvalue weighted by molar-refractivity contribution is 6.02. The summed E-state index contributed by atoms with van der Waals surface area (Å²) in [4.78, 5) is 32.3. The van der Waals surface area contributed by atoms with Gasteiger partial charge in [0.2, 0.25) is 0 Å². The van der Waals surface area contributed by atoms with Crippen molar-refractivity contribution in [3.8, 4) is 0 Å². The van der Waals surface area contributed by atoms with Gasteiger partial charge in [0.1, 0.15) is 6.79 Å². The van der Waals surface area contributed by atoms with Gasteiger partial charge in [-0.25, -0.2) is 9.31 Å². The van der Waals surface area contributed by atoms with E-state index in [9.17, 15) is 9.59 Å². The van der Waals surface area contributed by atoms with Crippen LogP contribution in [0.1, 0.15) is 64.7 Å². The van der Waals surface area contributed by atoms with Crippen molar-refractivity contribution >= 4 is 35.6 Å². The van der Waals surface area contributed by atoms with Gasteiger partial charge in [0.05, 0.1) is 34.8 Å². The van der Waals surface area contributed by atoms with Crippen molar-refractivity contribution in [2.75, 3.05) is 10.6 Å². The molecule has 0 aliphatic heterocycles. The molecule has 9 nitrogen and oxygen atoms in total. The maximum absolute atomic E-state index is 12.2. The molecule has 3 amide bonds. The molecular weight excluding hydrogens is 396 g/mol. The minimum absolute atomic E-state index is 0.0788. The first-order chi connectivity index (χ1) is 14.4. The maximum Gasteiger partial charge on any atom is 0.319 e. The molecule has 170 valence electrons. The number of carbonyl (C=O) groups excluding carboxylic acids is 3. The first-order valence-electron chi connectivity index (χ1n) is 10.3. The Balaban J connectivity index is 0.00000166. The Kier molecular flexibility index (Phi) is 6.98. The molecule has 9 heteroatoms. The van der Waals surface area contributed by atoms with Gasteiger partial charge in [-0.2, -0.15) is 5.10 Å². The Labute approximate surface area is 183 Å². The molecule has 0 bridgehead atoms. The van der Waals surface area contributed by atoms with E-state index >= 15 is 0 Å². The quantitative estimate of drug-likeness (QED) is 0.590. The van der Waals surface area contributed by atoms with Crippen LogP contribution in [0.25, 0.3) is 5.52 Å². The van der Waals surface area contributed by atoms with E-state index in [4.69, 9.17) is 10.5 Å². The number of rotatable bonds is 4. The zero-order valence-corrected chi connectivity index (χ0v) is 19.2. The van der Waals surface area contributed by atoms with Crippen LogP contribution in [-0.2, 0) is 4.79 Å². The normalized spacial score (nSPS) is 19.9. The van der Waals surface area contributed by atoms with Gasteiger partial charge in [-0.15, -0.1) is 0 Å². The lowest BCUT2D eigenvalue weighted by Gasteiger charge is -2.33. The number of aromatic nitrogens is 2. The SMILES string of the molecule is C=O.C[C@H]1CC[C@@H](Nc2c(C(N)=O)cnn3cc(NC(=O)NC(C)(C)C)cc23)C1(C)C. The van der Waals surface area contributed by atoms with E-state index in [2.05, 4.69) is 41.8 Å². The van der Waals surface area contributed by atoms with Crippen LogP contribution in [0.15, 0.2) is 18.5 Å². The second kappa shape index (κ2) is 8.95. The van der Waals surface area contributed by atoms with Crippen molar-refractivity contribution in [1.29, 1.82) is 0 Å². The summed E-state index contributed by atoms with van der Waals surface area (Å²) in [5.41, 5.74) is 7.64. The molecule has 31 heavy (non-hydrogen) atoms. The predicted molar refractivity (Wildman–Crippen MR) is 122 cm³/mol. The van der Waals surface area contributed by atoms with Crippen LogP contribution < -0.4 is 21.7 Å². The molecule has 2 heterocycles. The van der Waals surface area contributed by atoms with E-state index in [1.807, 2.05) is 27.6 Å². The van der Waals surface area contributed by atoms with Crippen molar-refractivity contribution in [2.24, 2.45) is 17.1 Å². The third-order valence-electron chi connectivity index (χ3n) is 6.02. The second-order valence-corrected chi connectivity index (χ2v) is 9.68. The second-order valence-electron chi connectivity index (χ2n) is 9.68. The number of hydrogen-bond acceptors (Lipinski definition) is 5. The number of urea groups is 1. The number of hydrogen-bond donors (Lipinski definition) is 4. The molecule has 0 spiro atoms. The van der Waals surface area contributed by atoms with Crippen LogP contribution in [0.4, 0.5) is 16.2 Å². The van der Waals surface area contributed by atoms with Gasteiger partial charge in [0.25, 0.3) is 5.91 Å². The number of nitrogens with two attached hydrogens (primary N) is 1. The van der Waals surface area contributed by atoms with E-state index < -0.39 is 5.91 Å². The zero-order valence-electron chi connectivity index (χ0n) is 19.2. The van der Waals surface area contributed by atoms with Crippen molar-refractivity contribution < 1.29 is 14.4 Å². The summed E-state index contributed by atoms with van der Waals surface area (Å²) in [5.74, 6) is 0.0347. The maximum atomic E-state index is 12.2. The number of primary amides is 1. The smallest absolute Gasteiger partial charge is 0.319 e. The standard InChI is InChI=1S/C21H32N6O2.CH2O/c1-12-7-8-16(21(12,5)6)25-17-14(18(22)28)10-23-27-11-13(9-15(17)27)24-19(29)26-20(2,3)4;1-2/h9-12,16,25H,7-8H2,1-6H3,(H2,22,28)(H2,24,26,29);1H2/t12-,16+;/m0./s1. The van der Waals surface area contributed by atoms with E-state index in [1.165, 1.54) is 6.20 Å². The minimum Gasteiger partial charge on any atom is -0.379 e. The molecule has 0 saturated heterocycles. The Bertz CT molecular complexity index is 960. The van der Waals surface area contributed by atoms with Gasteiger partial charge >= 0.3 is 6.03 Å². The molecule has 0 radical (unpaired) electrons. The molecule has 3 rings (SSSR count). The highest BCUT2D eigenvalue weighted by Crippen LogP contribution is 2.44. The fraction of sp³-hybridized carbons (Fsp3) is 0.545. The van der Waals surface area contributed by atoms with E-state index in [1.54, 1.807) is 16.8 Å². The van der Waals surface area contributed by atoms with E-state index in [-0.39, 0.29) is 23.0 Å². The average Bonchev–Trinajstić information content (AvgIpc) is 3.16. The van der Waals surface area contributed by atoms with Gasteiger partial charge in [-0.1, -0.05) is 20.8 Å². The Morgan fingerprint density at radius 3 is 2.42 bits per heavy atom. The molecule has 5 N–H and O–H groups in total. The number of carbonyl (C=O) groups is 3. The third kappa shape index (κ3) is 5.34. The predicted octanol–water partition coefficient (Wildman–Crippen LogP) is 3.40. The van der Waals surface area contributed by atoms with E-state index in [0.29, 0.717) is 28.4 Å². The zero-order chi connectivity index (χ0) is 23.6. The number of anilines is 2. The number of amides is 3. The highest BCUT2D eigenvalue weighted by atomic mass is 16.2. The molecule has 2 aromatic heterocycles. The van der Waals surface area contributed by atoms with Crippen molar-refractivity contribution in [3.05, 3.63) is 24.0 Å². The summed E-state index contributed by atoms with van der Waals surface area (Å²) >= 11 is 0. The van der Waals surface area contributed by atoms with Gasteiger partial charge in [-0.05, 0) is 51.0 Å². The first kappa shape index (κ1) is 24.2. The third-order valence-corrected chi connectivity index (χ3v) is 6.02. The summed E-state index contributed by atoms with van der Waals surface area (Å²) in [6.45, 7) is 14.5. The molecule has 0 aromatic carbocycles. The van der Waals surface area contributed by atoms with Gasteiger partial charge in [-0.3, -0.25) is 4.79 Å². The van der Waals surface area contributed by atoms with Gasteiger partial charge in [0, 0.05) is 11.6 Å². The van der Waals surface area contributed by atoms with Crippen molar-refractivity contribution in [2.45, 2.75) is 66.0 Å². The Morgan fingerprint density at radius 1 is 1.26 bits per heavy atom. The van der Waals surface area contributed by atoms with Crippen LogP contribution in [0, 0.1) is 11.3 Å². The summed E-state index contributed by atoms with van der Waals surface area (Å²) in [7, 11) is 0. The number of fused-ring (bicyclic) bond motifs is 1. The summed E-state index contributed by atoms with van der Waals surface area (Å²) in [5, 5.41) is 13.6. The minimum atomic E-state index is -0.535. The molecule has 1 aliphatic carbocycles. The molecule has 2 aromatic rings. The highest BCUT2D eigenvalue weighted by Gasteiger charge is 2.41. The van der Waals surface area contributed by atoms with Crippen LogP contribution in [0.5, 0.6) is 0 Å². The largest absolute Gasteiger partial charge is 0.379 e. The van der Waals surface area contributed by atoms with Crippen LogP contribution >= 0.6 is 0 Å². The number of nitrogens with zero attached hydrogens (tertiary/aromatic N) is 2. The summed E-state index contributed by atoms with van der Waals surface area (Å²) in [6, 6.07) is 1.70. The lowest BCUT2D eigenvalue weighted by Crippen LogP contribution is -2.43. The fourth-order valence-electron chi connectivity index (χ4n) is 3.90. The van der Waals surface area contributed by atoms with Crippen LogP contribution in [0.3, 0.4) is 0 Å². The average molecular weight is 431 g/mol. The van der Waals surface area contributed by atoms with Gasteiger partial charge < -0.3 is 26.5 Å². The lowest BCUT2D eigenvalue weighted by molar-refractivity contribution is -0.0980. The van der Waals surface area contributed by atoms with Crippen LogP contribution in [-0.4, -0.2) is 39.9 Å². The molecule has 1 fully saturated rings. The molecule has 1 aliphatic rings. The molecule has 0 unspecified atom stereocenters. The molecular formula is C22H34N6O3. The van der Waals surface area contributed by atoms with Crippen LogP contribution in [0.2, 0.25) is 0 Å². The van der Waals surface area contributed by atoms with Crippen molar-refractivity contribution in [1.82, 2.24) is 14.9 Å². The van der Waals surface area contributed by atoms with E-state index in [0.717, 1.165) is 12.8 Å².